The van der Waals surface area contributed by atoms with Crippen molar-refractivity contribution in [1.82, 2.24) is 9.78 Å². The van der Waals surface area contributed by atoms with Crippen LogP contribution in [0.2, 0.25) is 0 Å². The summed E-state index contributed by atoms with van der Waals surface area (Å²) < 4.78 is 1.95. The number of hydrogen-bond acceptors (Lipinski definition) is 2. The molecule has 0 amide bonds. The normalized spacial score (nSPS) is 18.8. The van der Waals surface area contributed by atoms with Gasteiger partial charge in [0, 0.05) is 6.20 Å². The Morgan fingerprint density at radius 2 is 2.12 bits per heavy atom. The molecule has 4 nitrogen and oxygen atoms in total. The third kappa shape index (κ3) is 2.35. The van der Waals surface area contributed by atoms with Gasteiger partial charge in [-0.3, -0.25) is 9.48 Å². The fourth-order valence-electron chi connectivity index (χ4n) is 2.78. The molecule has 2 rings (SSSR count). The number of carboxylic acid groups (broad SMARTS) is 1. The van der Waals surface area contributed by atoms with Crippen LogP contribution in [0.25, 0.3) is 0 Å². The molecule has 1 saturated carbocycles. The van der Waals surface area contributed by atoms with Crippen LogP contribution in [0.5, 0.6) is 0 Å². The molecule has 1 heterocycles. The second-order valence-corrected chi connectivity index (χ2v) is 5.20. The van der Waals surface area contributed by atoms with Crippen molar-refractivity contribution < 1.29 is 9.90 Å². The Kier molecular flexibility index (Phi) is 3.50. The zero-order valence-corrected chi connectivity index (χ0v) is 10.5. The Labute approximate surface area is 102 Å². The smallest absolute Gasteiger partial charge is 0.312 e. The van der Waals surface area contributed by atoms with Gasteiger partial charge in [0.1, 0.15) is 5.92 Å². The van der Waals surface area contributed by atoms with Gasteiger partial charge in [0.2, 0.25) is 0 Å². The molecule has 1 atom stereocenters. The first kappa shape index (κ1) is 12.1. The Hall–Kier alpha value is -1.32. The van der Waals surface area contributed by atoms with Crippen LogP contribution in [-0.4, -0.2) is 20.9 Å². The van der Waals surface area contributed by atoms with E-state index in [0.29, 0.717) is 6.04 Å². The summed E-state index contributed by atoms with van der Waals surface area (Å²) in [5.74, 6) is -1.11. The molecular weight excluding hydrogens is 216 g/mol. The number of aliphatic carboxylic acids is 1. The highest BCUT2D eigenvalue weighted by Crippen LogP contribution is 2.33. The van der Waals surface area contributed by atoms with Crippen LogP contribution in [0.4, 0.5) is 0 Å². The molecule has 4 heteroatoms. The molecular formula is C13H20N2O2. The van der Waals surface area contributed by atoms with Gasteiger partial charge in [-0.05, 0) is 24.8 Å². The number of rotatable bonds is 4. The van der Waals surface area contributed by atoms with Crippen molar-refractivity contribution in [2.75, 3.05) is 0 Å². The average molecular weight is 236 g/mol. The van der Waals surface area contributed by atoms with Gasteiger partial charge in [-0.25, -0.2) is 0 Å². The number of aromatic nitrogens is 2. The quantitative estimate of drug-likeness (QED) is 0.874. The Morgan fingerprint density at radius 1 is 1.47 bits per heavy atom. The predicted molar refractivity (Wildman–Crippen MR) is 64.9 cm³/mol. The van der Waals surface area contributed by atoms with Gasteiger partial charge in [0.05, 0.1) is 11.7 Å². The fourth-order valence-corrected chi connectivity index (χ4v) is 2.78. The molecule has 0 saturated heterocycles. The number of hydrogen-bond donors (Lipinski definition) is 1. The predicted octanol–water partition coefficient (Wildman–Crippen LogP) is 2.82. The molecule has 0 radical (unpaired) electrons. The Bertz CT molecular complexity index is 392. The lowest BCUT2D eigenvalue weighted by Crippen LogP contribution is -2.23. The second kappa shape index (κ2) is 4.90. The minimum atomic E-state index is -0.750. The summed E-state index contributed by atoms with van der Waals surface area (Å²) in [6, 6.07) is 2.26. The van der Waals surface area contributed by atoms with Gasteiger partial charge in [-0.2, -0.15) is 5.10 Å². The molecule has 1 aromatic rings. The summed E-state index contributed by atoms with van der Waals surface area (Å²) in [6.45, 7) is 3.90. The molecule has 0 spiro atoms. The van der Waals surface area contributed by atoms with Crippen LogP contribution in [0.15, 0.2) is 12.3 Å². The largest absolute Gasteiger partial charge is 0.481 e. The first-order valence-electron chi connectivity index (χ1n) is 6.37. The minimum absolute atomic E-state index is 0.0874. The number of carbonyl (C=O) groups is 1. The Balaban J connectivity index is 2.30. The molecule has 1 N–H and O–H groups in total. The molecule has 1 unspecified atom stereocenters. The van der Waals surface area contributed by atoms with E-state index in [1.54, 1.807) is 6.20 Å². The van der Waals surface area contributed by atoms with E-state index in [1.165, 1.54) is 12.8 Å². The van der Waals surface area contributed by atoms with Gasteiger partial charge >= 0.3 is 5.97 Å². The van der Waals surface area contributed by atoms with E-state index in [9.17, 15) is 9.90 Å². The van der Waals surface area contributed by atoms with E-state index in [2.05, 4.69) is 5.10 Å². The lowest BCUT2D eigenvalue weighted by molar-refractivity contribution is -0.140. The zero-order chi connectivity index (χ0) is 12.4. The third-order valence-corrected chi connectivity index (χ3v) is 3.62. The summed E-state index contributed by atoms with van der Waals surface area (Å²) in [4.78, 5) is 11.4. The van der Waals surface area contributed by atoms with Crippen LogP contribution in [0, 0.1) is 5.92 Å². The highest BCUT2D eigenvalue weighted by molar-refractivity contribution is 5.75. The Morgan fingerprint density at radius 3 is 2.65 bits per heavy atom. The highest BCUT2D eigenvalue weighted by atomic mass is 16.4. The standard InChI is InChI=1S/C13H20N2O2/c1-9(2)12(13(16)17)11-7-8-14-15(11)10-5-3-4-6-10/h7-10,12H,3-6H2,1-2H3,(H,16,17). The number of nitrogens with zero attached hydrogens (tertiary/aromatic N) is 2. The first-order chi connectivity index (χ1) is 8.11. The van der Waals surface area contributed by atoms with Gasteiger partial charge in [-0.15, -0.1) is 0 Å². The van der Waals surface area contributed by atoms with E-state index in [0.717, 1.165) is 18.5 Å². The average Bonchev–Trinajstić information content (AvgIpc) is 2.84. The number of carboxylic acids is 1. The van der Waals surface area contributed by atoms with Crippen molar-refractivity contribution in [2.45, 2.75) is 51.5 Å². The minimum Gasteiger partial charge on any atom is -0.481 e. The van der Waals surface area contributed by atoms with E-state index >= 15 is 0 Å². The van der Waals surface area contributed by atoms with Crippen molar-refractivity contribution in [2.24, 2.45) is 5.92 Å². The fraction of sp³-hybridized carbons (Fsp3) is 0.692. The summed E-state index contributed by atoms with van der Waals surface area (Å²) in [5.41, 5.74) is 0.861. The van der Waals surface area contributed by atoms with Crippen molar-refractivity contribution in [1.29, 1.82) is 0 Å². The molecule has 0 aromatic carbocycles. The molecule has 0 aliphatic heterocycles. The third-order valence-electron chi connectivity index (χ3n) is 3.62. The van der Waals surface area contributed by atoms with Gasteiger partial charge < -0.3 is 5.11 Å². The summed E-state index contributed by atoms with van der Waals surface area (Å²) in [5, 5.41) is 13.7. The van der Waals surface area contributed by atoms with Crippen LogP contribution >= 0.6 is 0 Å². The molecule has 1 fully saturated rings. The van der Waals surface area contributed by atoms with E-state index in [4.69, 9.17) is 0 Å². The van der Waals surface area contributed by atoms with Crippen molar-refractivity contribution in [3.05, 3.63) is 18.0 Å². The van der Waals surface area contributed by atoms with Gasteiger partial charge in [-0.1, -0.05) is 26.7 Å². The maximum Gasteiger partial charge on any atom is 0.312 e. The van der Waals surface area contributed by atoms with Crippen LogP contribution in [-0.2, 0) is 4.79 Å². The van der Waals surface area contributed by atoms with Crippen LogP contribution in [0.1, 0.15) is 57.2 Å². The second-order valence-electron chi connectivity index (χ2n) is 5.20. The lowest BCUT2D eigenvalue weighted by Gasteiger charge is -2.21. The maximum atomic E-state index is 11.4. The van der Waals surface area contributed by atoms with Crippen molar-refractivity contribution >= 4 is 5.97 Å². The monoisotopic (exact) mass is 236 g/mol. The maximum absolute atomic E-state index is 11.4. The molecule has 1 aromatic heterocycles. The van der Waals surface area contributed by atoms with Gasteiger partial charge in [0.25, 0.3) is 0 Å². The highest BCUT2D eigenvalue weighted by Gasteiger charge is 2.29. The van der Waals surface area contributed by atoms with E-state index in [-0.39, 0.29) is 5.92 Å². The first-order valence-corrected chi connectivity index (χ1v) is 6.37. The summed E-state index contributed by atoms with van der Waals surface area (Å²) in [6.07, 6.45) is 6.43. The summed E-state index contributed by atoms with van der Waals surface area (Å²) >= 11 is 0. The summed E-state index contributed by atoms with van der Waals surface area (Å²) in [7, 11) is 0. The molecule has 94 valence electrons. The van der Waals surface area contributed by atoms with E-state index < -0.39 is 11.9 Å². The van der Waals surface area contributed by atoms with Crippen molar-refractivity contribution in [3.63, 3.8) is 0 Å². The molecule has 1 aliphatic rings. The SMILES string of the molecule is CC(C)C(C(=O)O)c1ccnn1C1CCCC1. The van der Waals surface area contributed by atoms with Crippen LogP contribution < -0.4 is 0 Å². The molecule has 0 bridgehead atoms. The zero-order valence-electron chi connectivity index (χ0n) is 10.5. The van der Waals surface area contributed by atoms with Crippen molar-refractivity contribution in [3.8, 4) is 0 Å². The molecule has 17 heavy (non-hydrogen) atoms. The van der Waals surface area contributed by atoms with E-state index in [1.807, 2.05) is 24.6 Å². The van der Waals surface area contributed by atoms with Crippen LogP contribution in [0.3, 0.4) is 0 Å². The lowest BCUT2D eigenvalue weighted by atomic mass is 9.92. The topological polar surface area (TPSA) is 55.1 Å². The van der Waals surface area contributed by atoms with Gasteiger partial charge in [0.15, 0.2) is 0 Å². The molecule has 1 aliphatic carbocycles.